The van der Waals surface area contributed by atoms with Crippen LogP contribution in [0.3, 0.4) is 0 Å². The summed E-state index contributed by atoms with van der Waals surface area (Å²) in [5.41, 5.74) is -4.70. The molecule has 0 radical (unpaired) electrons. The van der Waals surface area contributed by atoms with E-state index >= 15 is 0 Å². The standard InChI is InChI=1S/C41H53F4N5O10S/c1-7-24-16-23(2)10-8-9-11-26-20-40(26,36(53)49-61(55,56)39(22-42)14-15-39)48-33(51)30-19-28(59-34-29-13-12-27(57-5)17-25(29)18-31(46-34)58-6)21-50(30)35(52)32(24)47-37(54)60-38(3,4)41(43,44)45/h9,11-13,17-18,23-24,26,28,30,32H,7-8,10,14-16,19-22H2,1-6H3,(H,47,54)(H,48,51)(H,49,53). The number of pyridine rings is 1. The minimum absolute atomic E-state index is 0.00146. The Bertz CT molecular complexity index is 2160. The first-order valence-corrected chi connectivity index (χ1v) is 21.8. The smallest absolute Gasteiger partial charge is 0.427 e. The van der Waals surface area contributed by atoms with E-state index in [1.165, 1.54) is 14.2 Å². The van der Waals surface area contributed by atoms with Crippen molar-refractivity contribution in [1.29, 1.82) is 0 Å². The zero-order valence-electron chi connectivity index (χ0n) is 34.9. The third-order valence-corrected chi connectivity index (χ3v) is 14.5. The highest BCUT2D eigenvalue weighted by Gasteiger charge is 2.64. The molecule has 7 atom stereocenters. The Balaban J connectivity index is 1.39. The minimum atomic E-state index is -4.94. The lowest BCUT2D eigenvalue weighted by Crippen LogP contribution is -2.60. The van der Waals surface area contributed by atoms with E-state index in [-0.39, 0.29) is 49.9 Å². The van der Waals surface area contributed by atoms with Gasteiger partial charge in [-0.1, -0.05) is 32.4 Å². The lowest BCUT2D eigenvalue weighted by atomic mass is 9.85. The monoisotopic (exact) mass is 883 g/mol. The van der Waals surface area contributed by atoms with Crippen LogP contribution in [-0.4, -0.2) is 110 Å². The molecular formula is C41H53F4N5O10S. The quantitative estimate of drug-likeness (QED) is 0.197. The maximum Gasteiger partial charge on any atom is 0.427 e. The number of fused-ring (bicyclic) bond motifs is 3. The van der Waals surface area contributed by atoms with Gasteiger partial charge < -0.3 is 34.5 Å². The van der Waals surface area contributed by atoms with Crippen LogP contribution in [-0.2, 0) is 29.1 Å². The number of nitrogens with zero attached hydrogens (tertiary/aromatic N) is 2. The molecule has 4 aliphatic rings. The molecule has 61 heavy (non-hydrogen) atoms. The number of amides is 4. The van der Waals surface area contributed by atoms with E-state index in [4.69, 9.17) is 18.9 Å². The number of alkyl carbamates (subject to hydrolysis) is 1. The summed E-state index contributed by atoms with van der Waals surface area (Å²) in [5.74, 6) is -3.31. The molecule has 20 heteroatoms. The van der Waals surface area contributed by atoms with Gasteiger partial charge in [-0.15, -0.1) is 0 Å². The van der Waals surface area contributed by atoms with Gasteiger partial charge in [0.05, 0.1) is 20.8 Å². The summed E-state index contributed by atoms with van der Waals surface area (Å²) in [4.78, 5) is 62.4. The molecule has 4 amide bonds. The van der Waals surface area contributed by atoms with Crippen LogP contribution in [0.4, 0.5) is 22.4 Å². The maximum absolute atomic E-state index is 15.0. The van der Waals surface area contributed by atoms with E-state index in [2.05, 4.69) is 15.6 Å². The van der Waals surface area contributed by atoms with E-state index in [0.717, 1.165) is 4.90 Å². The Hall–Kier alpha value is -4.88. The molecule has 15 nitrogen and oxygen atoms in total. The van der Waals surface area contributed by atoms with Gasteiger partial charge in [-0.2, -0.15) is 18.2 Å². The van der Waals surface area contributed by atoms with Crippen molar-refractivity contribution in [2.75, 3.05) is 27.4 Å². The lowest BCUT2D eigenvalue weighted by molar-refractivity contribution is -0.244. The fourth-order valence-corrected chi connectivity index (χ4v) is 9.50. The molecule has 6 rings (SSSR count). The molecule has 3 fully saturated rings. The number of allylic oxidation sites excluding steroid dienone is 1. The highest BCUT2D eigenvalue weighted by Crippen LogP contribution is 2.48. The molecule has 3 heterocycles. The fraction of sp³-hybridized carbons (Fsp3) is 0.634. The second kappa shape index (κ2) is 17.1. The van der Waals surface area contributed by atoms with E-state index in [1.807, 2.05) is 17.7 Å². The summed E-state index contributed by atoms with van der Waals surface area (Å²) in [7, 11) is -1.57. The van der Waals surface area contributed by atoms with Crippen LogP contribution < -0.4 is 29.6 Å². The second-order valence-electron chi connectivity index (χ2n) is 17.1. The van der Waals surface area contributed by atoms with Crippen molar-refractivity contribution in [3.05, 3.63) is 36.4 Å². The van der Waals surface area contributed by atoms with Gasteiger partial charge in [0.15, 0.2) is 0 Å². The molecule has 1 saturated heterocycles. The number of hydrogen-bond acceptors (Lipinski definition) is 11. The van der Waals surface area contributed by atoms with Crippen molar-refractivity contribution in [1.82, 2.24) is 25.2 Å². The van der Waals surface area contributed by atoms with Gasteiger partial charge in [-0.05, 0) is 87.8 Å². The van der Waals surface area contributed by atoms with Gasteiger partial charge in [0.1, 0.15) is 40.9 Å². The fourth-order valence-electron chi connectivity index (χ4n) is 8.08. The van der Waals surface area contributed by atoms with E-state index in [1.54, 1.807) is 37.3 Å². The molecule has 7 unspecified atom stereocenters. The number of ether oxygens (including phenoxy) is 4. The van der Waals surface area contributed by atoms with Gasteiger partial charge in [0.25, 0.3) is 5.91 Å². The highest BCUT2D eigenvalue weighted by atomic mass is 32.2. The summed E-state index contributed by atoms with van der Waals surface area (Å²) in [5, 5.41) is 6.29. The molecule has 336 valence electrons. The van der Waals surface area contributed by atoms with E-state index in [0.29, 0.717) is 56.1 Å². The first kappa shape index (κ1) is 45.6. The Morgan fingerprint density at radius 3 is 2.43 bits per heavy atom. The average molecular weight is 884 g/mol. The molecule has 0 bridgehead atoms. The lowest BCUT2D eigenvalue weighted by Gasteiger charge is -2.35. The predicted molar refractivity (Wildman–Crippen MR) is 213 cm³/mol. The number of hydrogen-bond donors (Lipinski definition) is 3. The molecule has 1 aromatic carbocycles. The van der Waals surface area contributed by atoms with Crippen LogP contribution in [0.1, 0.15) is 79.1 Å². The molecule has 2 aromatic rings. The van der Waals surface area contributed by atoms with Crippen molar-refractivity contribution in [2.45, 2.75) is 119 Å². The normalized spacial score (nSPS) is 28.0. The number of benzene rings is 1. The molecule has 2 aliphatic carbocycles. The third-order valence-electron chi connectivity index (χ3n) is 12.4. The number of aromatic nitrogens is 1. The second-order valence-corrected chi connectivity index (χ2v) is 19.2. The summed E-state index contributed by atoms with van der Waals surface area (Å²) < 4.78 is 104. The van der Waals surface area contributed by atoms with Gasteiger partial charge in [0.2, 0.25) is 39.2 Å². The summed E-state index contributed by atoms with van der Waals surface area (Å²) in [6.45, 7) is 3.57. The number of sulfonamides is 1. The van der Waals surface area contributed by atoms with E-state index in [9.17, 15) is 45.2 Å². The minimum Gasteiger partial charge on any atom is -0.497 e. The van der Waals surface area contributed by atoms with Gasteiger partial charge in [-0.25, -0.2) is 17.6 Å². The van der Waals surface area contributed by atoms with Crippen molar-refractivity contribution >= 4 is 44.6 Å². The van der Waals surface area contributed by atoms with Crippen molar-refractivity contribution < 1.29 is 64.1 Å². The summed E-state index contributed by atoms with van der Waals surface area (Å²) in [6.07, 6.45) is -2.31. The van der Waals surface area contributed by atoms with Gasteiger partial charge in [0, 0.05) is 23.8 Å². The van der Waals surface area contributed by atoms with Crippen LogP contribution in [0.25, 0.3) is 10.8 Å². The number of carbonyl (C=O) groups excluding carboxylic acids is 4. The molecule has 1 aromatic heterocycles. The van der Waals surface area contributed by atoms with E-state index < -0.39 is 92.6 Å². The Kier molecular flexibility index (Phi) is 12.8. The van der Waals surface area contributed by atoms with Crippen LogP contribution in [0.2, 0.25) is 0 Å². The number of methoxy groups -OCH3 is 2. The third kappa shape index (κ3) is 9.33. The van der Waals surface area contributed by atoms with Crippen LogP contribution in [0, 0.1) is 17.8 Å². The number of halogens is 4. The Labute approximate surface area is 351 Å². The number of rotatable bonds is 11. The molecule has 3 N–H and O–H groups in total. The van der Waals surface area contributed by atoms with Crippen molar-refractivity contribution in [2.24, 2.45) is 17.8 Å². The van der Waals surface area contributed by atoms with Crippen LogP contribution in [0.5, 0.6) is 17.5 Å². The van der Waals surface area contributed by atoms with Crippen molar-refractivity contribution in [3.63, 3.8) is 0 Å². The summed E-state index contributed by atoms with van der Waals surface area (Å²) >= 11 is 0. The molecule has 0 spiro atoms. The molecule has 2 aliphatic heterocycles. The first-order valence-electron chi connectivity index (χ1n) is 20.3. The number of nitrogens with one attached hydrogen (secondary N) is 3. The Morgan fingerprint density at radius 1 is 1.08 bits per heavy atom. The zero-order chi connectivity index (χ0) is 44.7. The average Bonchev–Trinajstić information content (AvgIpc) is 4.11. The highest BCUT2D eigenvalue weighted by molar-refractivity contribution is 7.91. The summed E-state index contributed by atoms with van der Waals surface area (Å²) in [6, 6.07) is 3.89. The topological polar surface area (TPSA) is 192 Å². The number of alkyl halides is 4. The molecular weight excluding hydrogens is 831 g/mol. The SMILES string of the molecule is CCC1CC(C)CCC=CC2CC2(C(=O)NS(=O)(=O)C2(CF)CC2)NC(=O)C2CC(Oc3nc(OC)cc4cc(OC)ccc34)CN2C(=O)C1NC(=O)OC(C)(C)C(F)(F)F. The first-order chi connectivity index (χ1) is 28.6. The van der Waals surface area contributed by atoms with Crippen LogP contribution in [0.15, 0.2) is 36.4 Å². The zero-order valence-corrected chi connectivity index (χ0v) is 35.7. The molecule has 2 saturated carbocycles. The Morgan fingerprint density at radius 2 is 1.80 bits per heavy atom. The van der Waals surface area contributed by atoms with Gasteiger partial charge >= 0.3 is 12.3 Å². The van der Waals surface area contributed by atoms with Crippen molar-refractivity contribution in [3.8, 4) is 17.5 Å². The number of carbonyl (C=O) groups is 4. The van der Waals surface area contributed by atoms with Gasteiger partial charge in [-0.3, -0.25) is 19.1 Å². The maximum atomic E-state index is 15.0. The largest absolute Gasteiger partial charge is 0.497 e. The van der Waals surface area contributed by atoms with Crippen LogP contribution >= 0.6 is 0 Å². The predicted octanol–water partition coefficient (Wildman–Crippen LogP) is 5.26.